The smallest absolute Gasteiger partial charge is 0.254 e. The van der Waals surface area contributed by atoms with Gasteiger partial charge in [-0.25, -0.2) is 4.98 Å². The Kier molecular flexibility index (Phi) is 3.87. The fourth-order valence-corrected chi connectivity index (χ4v) is 3.31. The van der Waals surface area contributed by atoms with E-state index in [1.165, 1.54) is 0 Å². The molecule has 1 fully saturated rings. The summed E-state index contributed by atoms with van der Waals surface area (Å²) < 4.78 is 1.75. The van der Waals surface area contributed by atoms with Gasteiger partial charge in [-0.15, -0.1) is 0 Å². The van der Waals surface area contributed by atoms with Crippen molar-refractivity contribution in [3.63, 3.8) is 0 Å². The summed E-state index contributed by atoms with van der Waals surface area (Å²) in [6, 6.07) is 2.27. The van der Waals surface area contributed by atoms with Crippen LogP contribution in [0.3, 0.4) is 0 Å². The minimum Gasteiger partial charge on any atom is -0.337 e. The lowest BCUT2D eigenvalue weighted by molar-refractivity contribution is 0.0700. The highest BCUT2D eigenvalue weighted by Crippen LogP contribution is 2.24. The van der Waals surface area contributed by atoms with Gasteiger partial charge in [0.15, 0.2) is 5.65 Å². The van der Waals surface area contributed by atoms with Crippen LogP contribution in [0.15, 0.2) is 6.07 Å². The van der Waals surface area contributed by atoms with E-state index in [1.54, 1.807) is 4.68 Å². The van der Waals surface area contributed by atoms with Crippen molar-refractivity contribution in [2.45, 2.75) is 32.7 Å². The zero-order valence-electron chi connectivity index (χ0n) is 13.7. The number of carbonyl (C=O) groups excluding carboxylic acids is 1. The Balaban J connectivity index is 2.04. The summed E-state index contributed by atoms with van der Waals surface area (Å²) >= 11 is 0. The van der Waals surface area contributed by atoms with Gasteiger partial charge < -0.3 is 10.2 Å². The van der Waals surface area contributed by atoms with Crippen LogP contribution in [0, 0.1) is 13.8 Å². The maximum absolute atomic E-state index is 13.0. The molecule has 1 amide bonds. The molecule has 3 heterocycles. The first-order valence-corrected chi connectivity index (χ1v) is 7.78. The van der Waals surface area contributed by atoms with E-state index >= 15 is 0 Å². The third kappa shape index (κ3) is 2.47. The number of nitrogens with zero attached hydrogens (tertiary/aromatic N) is 4. The summed E-state index contributed by atoms with van der Waals surface area (Å²) in [5.74, 6) is 0.0894. The number of hydrogen-bond donors (Lipinski definition) is 1. The van der Waals surface area contributed by atoms with Crippen LogP contribution in [-0.2, 0) is 7.05 Å². The Labute approximate surface area is 130 Å². The predicted molar refractivity (Wildman–Crippen MR) is 86.0 cm³/mol. The number of fused-ring (bicyclic) bond motifs is 1. The molecule has 2 aromatic rings. The number of rotatable bonds is 2. The van der Waals surface area contributed by atoms with E-state index in [0.29, 0.717) is 6.04 Å². The Morgan fingerprint density at radius 1 is 1.41 bits per heavy atom. The summed E-state index contributed by atoms with van der Waals surface area (Å²) in [6.45, 7) is 5.44. The third-order valence-corrected chi connectivity index (χ3v) is 4.44. The molecule has 1 aliphatic heterocycles. The molecule has 1 saturated heterocycles. The number of carbonyl (C=O) groups is 1. The maximum Gasteiger partial charge on any atom is 0.254 e. The van der Waals surface area contributed by atoms with E-state index in [2.05, 4.69) is 15.4 Å². The number of nitrogens with one attached hydrogen (secondary N) is 1. The molecule has 0 spiro atoms. The molecule has 2 aromatic heterocycles. The zero-order valence-corrected chi connectivity index (χ0v) is 13.7. The first-order valence-electron chi connectivity index (χ1n) is 7.78. The largest absolute Gasteiger partial charge is 0.337 e. The number of hydrogen-bond acceptors (Lipinski definition) is 4. The van der Waals surface area contributed by atoms with Gasteiger partial charge in [0.05, 0.1) is 16.6 Å². The first kappa shape index (κ1) is 15.0. The average molecular weight is 301 g/mol. The van der Waals surface area contributed by atoms with Gasteiger partial charge in [-0.3, -0.25) is 9.48 Å². The van der Waals surface area contributed by atoms with E-state index in [0.717, 1.165) is 53.9 Å². The Bertz CT molecular complexity index is 721. The summed E-state index contributed by atoms with van der Waals surface area (Å²) in [6.07, 6.45) is 2.16. The molecule has 0 radical (unpaired) electrons. The summed E-state index contributed by atoms with van der Waals surface area (Å²) in [7, 11) is 3.83. The van der Waals surface area contributed by atoms with E-state index in [9.17, 15) is 4.79 Å². The van der Waals surface area contributed by atoms with E-state index in [4.69, 9.17) is 0 Å². The van der Waals surface area contributed by atoms with Gasteiger partial charge in [-0.05, 0) is 39.8 Å². The van der Waals surface area contributed by atoms with Crippen molar-refractivity contribution in [2.75, 3.05) is 20.1 Å². The van der Waals surface area contributed by atoms with Crippen LogP contribution >= 0.6 is 0 Å². The quantitative estimate of drug-likeness (QED) is 0.911. The monoisotopic (exact) mass is 301 g/mol. The van der Waals surface area contributed by atoms with Crippen LogP contribution in [0.2, 0.25) is 0 Å². The molecule has 1 N–H and O–H groups in total. The van der Waals surface area contributed by atoms with Gasteiger partial charge in [0.25, 0.3) is 5.91 Å². The van der Waals surface area contributed by atoms with Crippen LogP contribution < -0.4 is 5.32 Å². The number of piperidine rings is 1. The van der Waals surface area contributed by atoms with Gasteiger partial charge in [-0.2, -0.15) is 5.10 Å². The second kappa shape index (κ2) is 5.68. The molecular weight excluding hydrogens is 278 g/mol. The van der Waals surface area contributed by atoms with Crippen LogP contribution in [0.5, 0.6) is 0 Å². The average Bonchev–Trinajstić information content (AvgIpc) is 2.80. The van der Waals surface area contributed by atoms with Crippen molar-refractivity contribution in [1.82, 2.24) is 25.0 Å². The van der Waals surface area contributed by atoms with Crippen LogP contribution in [-0.4, -0.2) is 51.8 Å². The van der Waals surface area contributed by atoms with Gasteiger partial charge >= 0.3 is 0 Å². The normalized spacial score (nSPS) is 18.9. The van der Waals surface area contributed by atoms with Gasteiger partial charge in [0.1, 0.15) is 0 Å². The van der Waals surface area contributed by atoms with Gasteiger partial charge in [0, 0.05) is 31.9 Å². The molecule has 0 saturated carbocycles. The number of amides is 1. The van der Waals surface area contributed by atoms with Crippen LogP contribution in [0.1, 0.15) is 34.6 Å². The molecule has 0 aliphatic carbocycles. The number of pyridine rings is 1. The SMILES string of the molecule is CNC1CCCN(C(=O)c2cc(C)nc3c2c(C)nn3C)C1. The maximum atomic E-state index is 13.0. The minimum atomic E-state index is 0.0894. The number of aromatic nitrogens is 3. The topological polar surface area (TPSA) is 63.1 Å². The van der Waals surface area contributed by atoms with Gasteiger partial charge in [0.2, 0.25) is 0 Å². The van der Waals surface area contributed by atoms with Crippen molar-refractivity contribution in [1.29, 1.82) is 0 Å². The van der Waals surface area contributed by atoms with Gasteiger partial charge in [-0.1, -0.05) is 0 Å². The van der Waals surface area contributed by atoms with Crippen molar-refractivity contribution >= 4 is 16.9 Å². The molecule has 0 bridgehead atoms. The van der Waals surface area contributed by atoms with E-state index in [1.807, 2.05) is 38.9 Å². The molecule has 22 heavy (non-hydrogen) atoms. The molecule has 0 aromatic carbocycles. The summed E-state index contributed by atoms with van der Waals surface area (Å²) in [5, 5.41) is 8.58. The Hall–Kier alpha value is -1.95. The molecule has 1 atom stereocenters. The van der Waals surface area contributed by atoms with E-state index < -0.39 is 0 Å². The molecule has 6 heteroatoms. The fourth-order valence-electron chi connectivity index (χ4n) is 3.31. The molecule has 1 aliphatic rings. The second-order valence-corrected chi connectivity index (χ2v) is 6.10. The number of likely N-dealkylation sites (tertiary alicyclic amines) is 1. The number of likely N-dealkylation sites (N-methyl/N-ethyl adjacent to an activating group) is 1. The van der Waals surface area contributed by atoms with Crippen molar-refractivity contribution in [2.24, 2.45) is 7.05 Å². The molecule has 6 nitrogen and oxygen atoms in total. The third-order valence-electron chi connectivity index (χ3n) is 4.44. The molecule has 118 valence electrons. The highest BCUT2D eigenvalue weighted by molar-refractivity contribution is 6.06. The Morgan fingerprint density at radius 2 is 2.18 bits per heavy atom. The van der Waals surface area contributed by atoms with Crippen LogP contribution in [0.4, 0.5) is 0 Å². The molecule has 1 unspecified atom stereocenters. The fraction of sp³-hybridized carbons (Fsp3) is 0.562. The standard InChI is InChI=1S/C16H23N5O/c1-10-8-13(14-11(2)19-20(4)15(14)18-10)16(22)21-7-5-6-12(9-21)17-3/h8,12,17H,5-7,9H2,1-4H3. The summed E-state index contributed by atoms with van der Waals surface area (Å²) in [4.78, 5) is 19.5. The van der Waals surface area contributed by atoms with Crippen molar-refractivity contribution < 1.29 is 4.79 Å². The minimum absolute atomic E-state index is 0.0894. The van der Waals surface area contributed by atoms with Crippen molar-refractivity contribution in [3.8, 4) is 0 Å². The lowest BCUT2D eigenvalue weighted by Crippen LogP contribution is -2.47. The number of aryl methyl sites for hydroxylation is 3. The van der Waals surface area contributed by atoms with Crippen molar-refractivity contribution in [3.05, 3.63) is 23.0 Å². The molecular formula is C16H23N5O. The highest BCUT2D eigenvalue weighted by atomic mass is 16.2. The van der Waals surface area contributed by atoms with E-state index in [-0.39, 0.29) is 5.91 Å². The highest BCUT2D eigenvalue weighted by Gasteiger charge is 2.26. The molecule has 3 rings (SSSR count). The predicted octanol–water partition coefficient (Wildman–Crippen LogP) is 1.41. The lowest BCUT2D eigenvalue weighted by Gasteiger charge is -2.32. The zero-order chi connectivity index (χ0) is 15.9. The Morgan fingerprint density at radius 3 is 2.91 bits per heavy atom. The second-order valence-electron chi connectivity index (χ2n) is 6.10. The van der Waals surface area contributed by atoms with Crippen LogP contribution in [0.25, 0.3) is 11.0 Å². The summed E-state index contributed by atoms with van der Waals surface area (Å²) in [5.41, 5.74) is 3.21. The lowest BCUT2D eigenvalue weighted by atomic mass is 10.0. The first-order chi connectivity index (χ1) is 10.5.